The van der Waals surface area contributed by atoms with Gasteiger partial charge in [-0.3, -0.25) is 4.98 Å². The highest BCUT2D eigenvalue weighted by molar-refractivity contribution is 7.58. The van der Waals surface area contributed by atoms with Crippen LogP contribution in [0, 0.1) is 25.2 Å². The number of hydrogen-bond acceptors (Lipinski definition) is 4. The summed E-state index contributed by atoms with van der Waals surface area (Å²) in [4.78, 5) is 4.36. The molecule has 0 saturated carbocycles. The normalized spacial score (nSPS) is 11.1. The van der Waals surface area contributed by atoms with Crippen molar-refractivity contribution in [3.8, 4) is 17.3 Å². The Balaban J connectivity index is 2.82. The lowest BCUT2D eigenvalue weighted by Gasteiger charge is -2.18. The molecule has 0 aliphatic rings. The van der Waals surface area contributed by atoms with E-state index in [9.17, 15) is 5.26 Å². The second kappa shape index (κ2) is 6.84. The Labute approximate surface area is 160 Å². The summed E-state index contributed by atoms with van der Waals surface area (Å²) < 4.78 is -0.623. The lowest BCUT2D eigenvalue weighted by Crippen LogP contribution is -2.06. The molecule has 0 spiro atoms. The van der Waals surface area contributed by atoms with E-state index >= 15 is 0 Å². The van der Waals surface area contributed by atoms with Gasteiger partial charge in [0.1, 0.15) is 6.07 Å². The van der Waals surface area contributed by atoms with Crippen molar-refractivity contribution in [1.29, 1.82) is 5.26 Å². The van der Waals surface area contributed by atoms with Crippen molar-refractivity contribution in [1.82, 2.24) is 4.98 Å². The molecule has 0 saturated heterocycles. The minimum absolute atomic E-state index is 0.368. The van der Waals surface area contributed by atoms with Gasteiger partial charge in [-0.15, -0.1) is 0 Å². The quantitative estimate of drug-likeness (QED) is 0.407. The Kier molecular flexibility index (Phi) is 5.44. The van der Waals surface area contributed by atoms with Gasteiger partial charge in [0.05, 0.1) is 11.3 Å². The molecular formula is C15H10Cl3N3S2. The molecule has 1 aromatic carbocycles. The standard InChI is InChI=1S/C15H10Cl3N3S2/c1-8-7-20-14(12(6-19)9(8)2)11-4-3-10(21(22)23)5-13(11)15(16,17)18/h3-5,7H,1-2H3. The van der Waals surface area contributed by atoms with Crippen molar-refractivity contribution in [3.05, 3.63) is 46.6 Å². The molecule has 0 amide bonds. The van der Waals surface area contributed by atoms with Gasteiger partial charge in [0, 0.05) is 29.5 Å². The summed E-state index contributed by atoms with van der Waals surface area (Å²) in [5.74, 6) is 0. The Morgan fingerprint density at radius 3 is 2.48 bits per heavy atom. The molecule has 0 bridgehead atoms. The number of nitrogens with zero attached hydrogens (tertiary/aromatic N) is 3. The van der Waals surface area contributed by atoms with Crippen LogP contribution in [-0.4, -0.2) is 8.34 Å². The van der Waals surface area contributed by atoms with Crippen molar-refractivity contribution in [3.63, 3.8) is 0 Å². The first-order chi connectivity index (χ1) is 10.7. The van der Waals surface area contributed by atoms with Gasteiger partial charge in [-0.05, 0) is 31.0 Å². The SMILES string of the molecule is Cc1cnc(-c2ccc([N+](=S)[S-])cc2C(Cl)(Cl)Cl)c(C#N)c1C. The molecule has 8 heteroatoms. The molecule has 1 aromatic heterocycles. The van der Waals surface area contributed by atoms with E-state index < -0.39 is 3.79 Å². The van der Waals surface area contributed by atoms with E-state index in [-0.39, 0.29) is 0 Å². The predicted octanol–water partition coefficient (Wildman–Crippen LogP) is 4.90. The van der Waals surface area contributed by atoms with E-state index in [1.165, 1.54) is 0 Å². The first kappa shape index (κ1) is 18.3. The maximum Gasteiger partial charge on any atom is 0.216 e. The van der Waals surface area contributed by atoms with Gasteiger partial charge < -0.3 is 0 Å². The molecule has 0 N–H and O–H groups in total. The maximum absolute atomic E-state index is 9.49. The zero-order valence-electron chi connectivity index (χ0n) is 12.1. The molecule has 3 nitrogen and oxygen atoms in total. The molecule has 0 fully saturated rings. The number of alkyl halides is 3. The summed E-state index contributed by atoms with van der Waals surface area (Å²) in [6.07, 6.45) is 1.69. The topological polar surface area (TPSA) is 39.7 Å². The van der Waals surface area contributed by atoms with Crippen molar-refractivity contribution in [2.75, 3.05) is 0 Å². The summed E-state index contributed by atoms with van der Waals surface area (Å²) in [5, 5.41) is 9.49. The van der Waals surface area contributed by atoms with Crippen LogP contribution in [0.5, 0.6) is 0 Å². The van der Waals surface area contributed by atoms with E-state index in [1.807, 2.05) is 13.8 Å². The van der Waals surface area contributed by atoms with Crippen LogP contribution in [0.1, 0.15) is 22.3 Å². The van der Waals surface area contributed by atoms with Crippen molar-refractivity contribution >= 4 is 65.7 Å². The Morgan fingerprint density at radius 2 is 1.96 bits per heavy atom. The highest BCUT2D eigenvalue weighted by Gasteiger charge is 2.29. The number of nitriles is 1. The average Bonchev–Trinajstić information content (AvgIpc) is 2.48. The van der Waals surface area contributed by atoms with Gasteiger partial charge in [0.25, 0.3) is 0 Å². The summed E-state index contributed by atoms with van der Waals surface area (Å²) in [5.41, 5.74) is 4.12. The molecular weight excluding hydrogens is 393 g/mol. The Morgan fingerprint density at radius 1 is 1.30 bits per heavy atom. The van der Waals surface area contributed by atoms with Crippen molar-refractivity contribution < 1.29 is 3.35 Å². The van der Waals surface area contributed by atoms with Gasteiger partial charge in [0.2, 0.25) is 9.48 Å². The molecule has 2 rings (SSSR count). The van der Waals surface area contributed by atoms with Crippen molar-refractivity contribution in [2.45, 2.75) is 17.6 Å². The maximum atomic E-state index is 9.49. The molecule has 0 atom stereocenters. The van der Waals surface area contributed by atoms with Crippen LogP contribution in [0.2, 0.25) is 0 Å². The molecule has 0 aliphatic carbocycles. The van der Waals surface area contributed by atoms with E-state index in [0.717, 1.165) is 14.5 Å². The van der Waals surface area contributed by atoms with Crippen LogP contribution in [-0.2, 0) is 29.0 Å². The fourth-order valence-electron chi connectivity index (χ4n) is 2.13. The van der Waals surface area contributed by atoms with E-state index in [1.54, 1.807) is 24.4 Å². The Hall–Kier alpha value is -1.03. The molecule has 0 unspecified atom stereocenters. The van der Waals surface area contributed by atoms with Crippen LogP contribution in [0.4, 0.5) is 5.69 Å². The molecule has 2 aromatic rings. The highest BCUT2D eigenvalue weighted by Crippen LogP contribution is 2.45. The zero-order chi connectivity index (χ0) is 17.4. The fourth-order valence-corrected chi connectivity index (χ4v) is 2.82. The molecule has 0 aliphatic heterocycles. The number of halogens is 3. The number of hydrogen-bond donors (Lipinski definition) is 0. The van der Waals surface area contributed by atoms with Gasteiger partial charge in [-0.1, -0.05) is 60.0 Å². The number of rotatable bonds is 2. The van der Waals surface area contributed by atoms with E-state index in [0.29, 0.717) is 28.1 Å². The minimum Gasteiger partial charge on any atom is -0.255 e. The van der Waals surface area contributed by atoms with E-state index in [2.05, 4.69) is 11.1 Å². The number of aromatic nitrogens is 1. The Bertz CT molecular complexity index is 839. The summed E-state index contributed by atoms with van der Waals surface area (Å²) in [7, 11) is 0. The lowest BCUT2D eigenvalue weighted by atomic mass is 9.96. The molecule has 23 heavy (non-hydrogen) atoms. The lowest BCUT2D eigenvalue weighted by molar-refractivity contribution is -0.197. The summed E-state index contributed by atoms with van der Waals surface area (Å²) in [6.45, 7) is 3.74. The number of aryl methyl sites for hydroxylation is 1. The van der Waals surface area contributed by atoms with Crippen LogP contribution < -0.4 is 0 Å². The first-order valence-corrected chi connectivity index (χ1v) is 8.25. The number of benzene rings is 1. The first-order valence-electron chi connectivity index (χ1n) is 6.39. The van der Waals surface area contributed by atoms with Gasteiger partial charge in [0.15, 0.2) is 0 Å². The average molecular weight is 403 g/mol. The highest BCUT2D eigenvalue weighted by atomic mass is 35.6. The second-order valence-electron chi connectivity index (χ2n) is 4.89. The smallest absolute Gasteiger partial charge is 0.216 e. The second-order valence-corrected chi connectivity index (χ2v) is 8.13. The third kappa shape index (κ3) is 3.73. The zero-order valence-corrected chi connectivity index (χ0v) is 16.0. The van der Waals surface area contributed by atoms with Crippen molar-refractivity contribution in [2.24, 2.45) is 0 Å². The minimum atomic E-state index is -1.71. The predicted molar refractivity (Wildman–Crippen MR) is 97.7 cm³/mol. The third-order valence-electron chi connectivity index (χ3n) is 3.48. The van der Waals surface area contributed by atoms with Crippen LogP contribution in [0.15, 0.2) is 24.4 Å². The molecule has 118 valence electrons. The van der Waals surface area contributed by atoms with Gasteiger partial charge in [-0.25, -0.2) is 3.35 Å². The van der Waals surface area contributed by atoms with Gasteiger partial charge >= 0.3 is 0 Å². The number of pyridine rings is 1. The summed E-state index contributed by atoms with van der Waals surface area (Å²) >= 11 is 28.1. The third-order valence-corrected chi connectivity index (χ3v) is 4.51. The largest absolute Gasteiger partial charge is 0.255 e. The van der Waals surface area contributed by atoms with E-state index in [4.69, 9.17) is 60.0 Å². The van der Waals surface area contributed by atoms with Crippen LogP contribution in [0.3, 0.4) is 0 Å². The monoisotopic (exact) mass is 401 g/mol. The summed E-state index contributed by atoms with van der Waals surface area (Å²) in [6, 6.07) is 7.18. The van der Waals surface area contributed by atoms with Gasteiger partial charge in [-0.2, -0.15) is 5.26 Å². The van der Waals surface area contributed by atoms with Crippen LogP contribution in [0.25, 0.3) is 11.3 Å². The van der Waals surface area contributed by atoms with Crippen LogP contribution >= 0.6 is 34.8 Å². The fraction of sp³-hybridized carbons (Fsp3) is 0.200. The molecule has 1 heterocycles. The molecule has 0 radical (unpaired) electrons.